The van der Waals surface area contributed by atoms with Crippen LogP contribution in [0.2, 0.25) is 0 Å². The van der Waals surface area contributed by atoms with Crippen LogP contribution < -0.4 is 20.9 Å². The first kappa shape index (κ1) is 41.4. The average Bonchev–Trinajstić information content (AvgIpc) is 3.51. The van der Waals surface area contributed by atoms with Crippen molar-refractivity contribution in [2.75, 3.05) is 33.2 Å². The summed E-state index contributed by atoms with van der Waals surface area (Å²) in [5.74, 6) is 1.44. The van der Waals surface area contributed by atoms with Crippen LogP contribution in [0, 0.1) is 11.3 Å². The molecule has 13 nitrogen and oxygen atoms in total. The molecule has 1 aliphatic heterocycles. The summed E-state index contributed by atoms with van der Waals surface area (Å²) in [5.41, 5.74) is 6.55. The van der Waals surface area contributed by atoms with Gasteiger partial charge in [-0.1, -0.05) is 61.2 Å². The Hall–Kier alpha value is -4.80. The van der Waals surface area contributed by atoms with Crippen LogP contribution >= 0.6 is 8.53 Å². The molecule has 1 aromatic heterocycles. The summed E-state index contributed by atoms with van der Waals surface area (Å²) in [4.78, 5) is 17.3. The zero-order chi connectivity index (χ0) is 39.5. The number of hydrogen-bond acceptors (Lipinski definition) is 12. The molecular weight excluding hydrogens is 721 g/mol. The Morgan fingerprint density at radius 3 is 2.04 bits per heavy atom. The van der Waals surface area contributed by atoms with E-state index in [2.05, 4.69) is 50.0 Å². The van der Waals surface area contributed by atoms with Gasteiger partial charge in [-0.05, 0) is 74.7 Å². The lowest BCUT2D eigenvalue weighted by Crippen LogP contribution is -2.43. The first-order valence-corrected chi connectivity index (χ1v) is 19.2. The molecule has 1 fully saturated rings. The third-order valence-electron chi connectivity index (χ3n) is 9.18. The number of nitrogen functional groups attached to an aromatic ring is 1. The molecule has 14 heteroatoms. The fourth-order valence-corrected chi connectivity index (χ4v) is 8.52. The summed E-state index contributed by atoms with van der Waals surface area (Å²) >= 11 is 0. The number of aromatic nitrogens is 2. The second kappa shape index (κ2) is 19.2. The van der Waals surface area contributed by atoms with E-state index in [-0.39, 0.29) is 37.5 Å². The van der Waals surface area contributed by atoms with E-state index in [0.29, 0.717) is 11.5 Å². The molecule has 2 heterocycles. The van der Waals surface area contributed by atoms with E-state index < -0.39 is 44.4 Å². The molecular formula is C41H50N5O8P. The van der Waals surface area contributed by atoms with Gasteiger partial charge in [0.25, 0.3) is 8.53 Å². The molecule has 55 heavy (non-hydrogen) atoms. The number of methoxy groups -OCH3 is 2. The quantitative estimate of drug-likeness (QED) is 0.0455. The van der Waals surface area contributed by atoms with Gasteiger partial charge in [0.05, 0.1) is 46.2 Å². The predicted molar refractivity (Wildman–Crippen MR) is 210 cm³/mol. The molecule has 4 aromatic rings. The van der Waals surface area contributed by atoms with Crippen molar-refractivity contribution in [3.63, 3.8) is 0 Å². The van der Waals surface area contributed by atoms with Crippen molar-refractivity contribution in [3.05, 3.63) is 131 Å². The van der Waals surface area contributed by atoms with Crippen LogP contribution in [0.15, 0.2) is 109 Å². The van der Waals surface area contributed by atoms with Gasteiger partial charge in [0.1, 0.15) is 35.1 Å². The molecule has 3 aromatic carbocycles. The Labute approximate surface area is 324 Å². The monoisotopic (exact) mass is 771 g/mol. The van der Waals surface area contributed by atoms with Gasteiger partial charge in [-0.3, -0.25) is 4.57 Å². The zero-order valence-corrected chi connectivity index (χ0v) is 33.0. The minimum Gasteiger partial charge on any atom is -0.497 e. The molecule has 1 saturated heterocycles. The average molecular weight is 772 g/mol. The van der Waals surface area contributed by atoms with E-state index in [1.54, 1.807) is 14.2 Å². The van der Waals surface area contributed by atoms with Gasteiger partial charge < -0.3 is 38.5 Å². The van der Waals surface area contributed by atoms with Crippen LogP contribution in [0.5, 0.6) is 11.5 Å². The number of nitrogens with zero attached hydrogens (tertiary/aromatic N) is 4. The highest BCUT2D eigenvalue weighted by molar-refractivity contribution is 7.44. The lowest BCUT2D eigenvalue weighted by molar-refractivity contribution is -0.0948. The number of ether oxygens (including phenoxy) is 5. The summed E-state index contributed by atoms with van der Waals surface area (Å²) in [6.07, 6.45) is -0.670. The van der Waals surface area contributed by atoms with Gasteiger partial charge >= 0.3 is 5.69 Å². The van der Waals surface area contributed by atoms with Crippen LogP contribution in [0.1, 0.15) is 57.0 Å². The highest BCUT2D eigenvalue weighted by atomic mass is 31.2. The van der Waals surface area contributed by atoms with Crippen LogP contribution in [0.3, 0.4) is 0 Å². The van der Waals surface area contributed by atoms with Crippen molar-refractivity contribution < 1.29 is 32.7 Å². The van der Waals surface area contributed by atoms with Crippen molar-refractivity contribution in [2.45, 2.75) is 76.3 Å². The lowest BCUT2D eigenvalue weighted by Gasteiger charge is -2.39. The van der Waals surface area contributed by atoms with E-state index in [0.717, 1.165) is 16.7 Å². The molecule has 0 aliphatic carbocycles. The maximum atomic E-state index is 13.3. The lowest BCUT2D eigenvalue weighted by atomic mass is 9.80. The third-order valence-corrected chi connectivity index (χ3v) is 11.3. The van der Waals surface area contributed by atoms with E-state index in [4.69, 9.17) is 38.5 Å². The molecule has 292 valence electrons. The van der Waals surface area contributed by atoms with Crippen LogP contribution in [-0.2, 0) is 28.9 Å². The summed E-state index contributed by atoms with van der Waals surface area (Å²) < 4.78 is 47.9. The Balaban J connectivity index is 1.66. The topological polar surface area (TPSA) is 153 Å². The predicted octanol–water partition coefficient (Wildman–Crippen LogP) is 6.94. The molecule has 1 aliphatic rings. The second-order valence-electron chi connectivity index (χ2n) is 13.3. The van der Waals surface area contributed by atoms with Crippen LogP contribution in [0.4, 0.5) is 5.82 Å². The number of benzene rings is 3. The molecule has 0 bridgehead atoms. The summed E-state index contributed by atoms with van der Waals surface area (Å²) in [5, 5.41) is 9.36. The Morgan fingerprint density at radius 1 is 0.945 bits per heavy atom. The number of anilines is 1. The van der Waals surface area contributed by atoms with Gasteiger partial charge in [-0.2, -0.15) is 10.2 Å². The van der Waals surface area contributed by atoms with E-state index in [9.17, 15) is 10.1 Å². The zero-order valence-electron chi connectivity index (χ0n) is 32.1. The summed E-state index contributed by atoms with van der Waals surface area (Å²) in [7, 11) is 1.45. The number of nitrogens with two attached hydrogens (primary N) is 1. The minimum atomic E-state index is -1.79. The van der Waals surface area contributed by atoms with Crippen molar-refractivity contribution in [2.24, 2.45) is 0 Å². The summed E-state index contributed by atoms with van der Waals surface area (Å²) in [6.45, 7) is 12.1. The first-order valence-electron chi connectivity index (χ1n) is 18.1. The van der Waals surface area contributed by atoms with Gasteiger partial charge in [-0.25, -0.2) is 9.46 Å². The maximum Gasteiger partial charge on any atom is 0.351 e. The van der Waals surface area contributed by atoms with Gasteiger partial charge in [0, 0.05) is 18.3 Å². The molecule has 2 N–H and O–H groups in total. The Kier molecular flexibility index (Phi) is 14.4. The minimum absolute atomic E-state index is 0.0135. The fraction of sp³-hybridized carbons (Fsp3) is 0.390. The van der Waals surface area contributed by atoms with Gasteiger partial charge in [0.15, 0.2) is 12.3 Å². The molecule has 5 atom stereocenters. The van der Waals surface area contributed by atoms with Crippen molar-refractivity contribution >= 4 is 14.3 Å². The maximum absolute atomic E-state index is 13.3. The van der Waals surface area contributed by atoms with Crippen LogP contribution in [0.25, 0.3) is 0 Å². The Morgan fingerprint density at radius 2 is 1.53 bits per heavy atom. The van der Waals surface area contributed by atoms with Crippen molar-refractivity contribution in [1.82, 2.24) is 14.2 Å². The second-order valence-corrected chi connectivity index (χ2v) is 14.7. The largest absolute Gasteiger partial charge is 0.497 e. The molecule has 0 amide bonds. The molecule has 0 saturated carbocycles. The molecule has 0 radical (unpaired) electrons. The fourth-order valence-electron chi connectivity index (χ4n) is 6.75. The number of hydrogen-bond donors (Lipinski definition) is 1. The number of nitriles is 1. The van der Waals surface area contributed by atoms with E-state index >= 15 is 0 Å². The first-order chi connectivity index (χ1) is 26.6. The Bertz CT molecular complexity index is 1860. The SMILES string of the molecule is C=CO[C@@H]1[C@H](OP(OCCC#N)N(C(C)C)C(C)C)[C@@H](COC(c2ccccc2)(c2ccc(OC)cc2)c2ccc(OC)cc2)O[C@H]1n1ccc(N)nc1=O. The molecule has 0 spiro atoms. The van der Waals surface area contributed by atoms with Gasteiger partial charge in [-0.15, -0.1) is 0 Å². The van der Waals surface area contributed by atoms with Crippen molar-refractivity contribution in [1.29, 1.82) is 5.26 Å². The highest BCUT2D eigenvalue weighted by Gasteiger charge is 2.52. The number of rotatable bonds is 19. The highest BCUT2D eigenvalue weighted by Crippen LogP contribution is 2.51. The smallest absolute Gasteiger partial charge is 0.351 e. The molecule has 1 unspecified atom stereocenters. The van der Waals surface area contributed by atoms with Crippen molar-refractivity contribution in [3.8, 4) is 17.6 Å². The van der Waals surface area contributed by atoms with E-state index in [1.165, 1.54) is 23.1 Å². The normalized spacial score (nSPS) is 19.0. The van der Waals surface area contributed by atoms with Crippen LogP contribution in [-0.4, -0.2) is 72.1 Å². The van der Waals surface area contributed by atoms with Gasteiger partial charge in [0.2, 0.25) is 0 Å². The molecule has 5 rings (SSSR count). The third kappa shape index (κ3) is 9.36. The standard InChI is InChI=1S/C41H50N5O8P/c1-8-50-38-37(54-55(52-26-12-24-42)46(28(2)3)29(4)5)35(53-39(38)45-25-23-36(43)44-40(45)47)27-51-41(30-13-10-9-11-14-30,31-15-19-33(48-6)20-16-31)32-17-21-34(49-7)22-18-32/h8-11,13-23,25,28-29,35,37-39H,1,12,26-27H2,2-7H3,(H2,43,44,47)/t35-,37-,38-,39-,55?/m1/s1. The summed E-state index contributed by atoms with van der Waals surface area (Å²) in [6, 6.07) is 29.0. The van der Waals surface area contributed by atoms with E-state index in [1.807, 2.05) is 78.9 Å².